The number of amides is 1. The summed E-state index contributed by atoms with van der Waals surface area (Å²) < 4.78 is 19.3. The minimum atomic E-state index is -0.387. The number of ether oxygens (including phenoxy) is 1. The first-order chi connectivity index (χ1) is 11.5. The number of pyridine rings is 1. The number of hydrogen-bond donors (Lipinski definition) is 2. The maximum Gasteiger partial charge on any atom is 0.256 e. The summed E-state index contributed by atoms with van der Waals surface area (Å²) in [5.41, 5.74) is 6.30. The van der Waals surface area contributed by atoms with E-state index in [2.05, 4.69) is 26.2 Å². The molecule has 0 spiro atoms. The standard InChI is InChI=1S/C17H17BrFN3O2/c18-13-8-11(19)5-6-15(13)24-17-12(2-1-7-21-17)16(23)22-9-14(20)10-3-4-10/h1-2,5-8,10,14H,3-4,9,20H2,(H,22,23). The van der Waals surface area contributed by atoms with Crippen molar-refractivity contribution in [2.75, 3.05) is 6.54 Å². The molecule has 0 aliphatic heterocycles. The predicted octanol–water partition coefficient (Wildman–Crippen LogP) is 3.24. The van der Waals surface area contributed by atoms with Crippen LogP contribution in [0, 0.1) is 11.7 Å². The second-order valence-corrected chi connectivity index (χ2v) is 6.60. The van der Waals surface area contributed by atoms with Crippen LogP contribution in [0.3, 0.4) is 0 Å². The third-order valence-electron chi connectivity index (χ3n) is 3.84. The molecule has 0 saturated heterocycles. The molecule has 7 heteroatoms. The van der Waals surface area contributed by atoms with Gasteiger partial charge in [0.15, 0.2) is 0 Å². The second kappa shape index (κ2) is 7.27. The maximum atomic E-state index is 13.2. The van der Waals surface area contributed by atoms with Gasteiger partial charge in [0.1, 0.15) is 17.1 Å². The SMILES string of the molecule is NC(CNC(=O)c1cccnc1Oc1ccc(F)cc1Br)C1CC1. The average Bonchev–Trinajstić information content (AvgIpc) is 3.40. The van der Waals surface area contributed by atoms with Crippen LogP contribution in [0.25, 0.3) is 0 Å². The topological polar surface area (TPSA) is 77.2 Å². The smallest absolute Gasteiger partial charge is 0.256 e. The molecule has 0 bridgehead atoms. The lowest BCUT2D eigenvalue weighted by Crippen LogP contribution is -2.38. The highest BCUT2D eigenvalue weighted by Crippen LogP contribution is 2.32. The Hall–Kier alpha value is -1.99. The molecule has 1 aliphatic carbocycles. The largest absolute Gasteiger partial charge is 0.437 e. The first-order valence-corrected chi connectivity index (χ1v) is 8.45. The highest BCUT2D eigenvalue weighted by atomic mass is 79.9. The third-order valence-corrected chi connectivity index (χ3v) is 4.46. The molecular weight excluding hydrogens is 377 g/mol. The van der Waals surface area contributed by atoms with Gasteiger partial charge < -0.3 is 15.8 Å². The van der Waals surface area contributed by atoms with Crippen LogP contribution < -0.4 is 15.8 Å². The monoisotopic (exact) mass is 393 g/mol. The first-order valence-electron chi connectivity index (χ1n) is 7.66. The van der Waals surface area contributed by atoms with Crippen LogP contribution >= 0.6 is 15.9 Å². The van der Waals surface area contributed by atoms with Crippen LogP contribution in [-0.4, -0.2) is 23.5 Å². The molecule has 24 heavy (non-hydrogen) atoms. The van der Waals surface area contributed by atoms with Gasteiger partial charge in [-0.3, -0.25) is 4.79 Å². The number of carbonyl (C=O) groups excluding carboxylic acids is 1. The zero-order chi connectivity index (χ0) is 17.1. The van der Waals surface area contributed by atoms with Gasteiger partial charge in [0, 0.05) is 18.8 Å². The fourth-order valence-corrected chi connectivity index (χ4v) is 2.74. The van der Waals surface area contributed by atoms with E-state index >= 15 is 0 Å². The van der Waals surface area contributed by atoms with Crippen molar-refractivity contribution in [3.8, 4) is 11.6 Å². The summed E-state index contributed by atoms with van der Waals surface area (Å²) in [6, 6.07) is 7.28. The zero-order valence-corrected chi connectivity index (χ0v) is 14.4. The molecule has 1 amide bonds. The molecule has 1 aliphatic rings. The van der Waals surface area contributed by atoms with Gasteiger partial charge in [-0.05, 0) is 65.0 Å². The molecule has 1 atom stereocenters. The number of nitrogens with one attached hydrogen (secondary N) is 1. The van der Waals surface area contributed by atoms with Gasteiger partial charge in [-0.15, -0.1) is 0 Å². The predicted molar refractivity (Wildman–Crippen MR) is 91.4 cm³/mol. The Balaban J connectivity index is 1.73. The van der Waals surface area contributed by atoms with Gasteiger partial charge >= 0.3 is 0 Å². The normalized spacial score (nSPS) is 15.0. The second-order valence-electron chi connectivity index (χ2n) is 5.74. The molecular formula is C17H17BrFN3O2. The number of nitrogens with two attached hydrogens (primary N) is 1. The molecule has 2 aromatic rings. The highest BCUT2D eigenvalue weighted by molar-refractivity contribution is 9.10. The van der Waals surface area contributed by atoms with Crippen LogP contribution in [0.1, 0.15) is 23.2 Å². The Morgan fingerprint density at radius 2 is 2.25 bits per heavy atom. The Morgan fingerprint density at radius 1 is 1.46 bits per heavy atom. The minimum absolute atomic E-state index is 0.0266. The van der Waals surface area contributed by atoms with Gasteiger partial charge in [-0.2, -0.15) is 0 Å². The van der Waals surface area contributed by atoms with E-state index < -0.39 is 0 Å². The summed E-state index contributed by atoms with van der Waals surface area (Å²) in [7, 11) is 0. The van der Waals surface area contributed by atoms with Gasteiger partial charge in [-0.1, -0.05) is 0 Å². The minimum Gasteiger partial charge on any atom is -0.437 e. The summed E-state index contributed by atoms with van der Waals surface area (Å²) in [5.74, 6) is 0.348. The van der Waals surface area contributed by atoms with E-state index in [9.17, 15) is 9.18 Å². The summed E-state index contributed by atoms with van der Waals surface area (Å²) in [4.78, 5) is 16.5. The molecule has 1 fully saturated rings. The molecule has 3 N–H and O–H groups in total. The van der Waals surface area contributed by atoms with Crippen LogP contribution in [0.2, 0.25) is 0 Å². The van der Waals surface area contributed by atoms with Gasteiger partial charge in [0.25, 0.3) is 5.91 Å². The lowest BCUT2D eigenvalue weighted by molar-refractivity contribution is 0.0947. The maximum absolute atomic E-state index is 13.2. The number of hydrogen-bond acceptors (Lipinski definition) is 4. The van der Waals surface area contributed by atoms with E-state index in [1.165, 1.54) is 24.4 Å². The fourth-order valence-electron chi connectivity index (χ4n) is 2.30. The fraction of sp³-hybridized carbons (Fsp3) is 0.294. The molecule has 126 valence electrons. The Morgan fingerprint density at radius 3 is 2.96 bits per heavy atom. The van der Waals surface area contributed by atoms with Crippen molar-refractivity contribution in [2.45, 2.75) is 18.9 Å². The molecule has 1 saturated carbocycles. The molecule has 1 aromatic carbocycles. The quantitative estimate of drug-likeness (QED) is 0.789. The molecule has 0 radical (unpaired) electrons. The van der Waals surface area contributed by atoms with Gasteiger partial charge in [0.2, 0.25) is 5.88 Å². The van der Waals surface area contributed by atoms with Crippen molar-refractivity contribution in [3.05, 3.63) is 52.4 Å². The van der Waals surface area contributed by atoms with Crippen LogP contribution in [0.4, 0.5) is 4.39 Å². The van der Waals surface area contributed by atoms with E-state index in [1.54, 1.807) is 12.1 Å². The number of benzene rings is 1. The van der Waals surface area contributed by atoms with E-state index in [-0.39, 0.29) is 23.6 Å². The molecule has 3 rings (SSSR count). The van der Waals surface area contributed by atoms with Crippen molar-refractivity contribution >= 4 is 21.8 Å². The number of rotatable bonds is 6. The van der Waals surface area contributed by atoms with Crippen LogP contribution in [0.15, 0.2) is 41.0 Å². The molecule has 1 heterocycles. The van der Waals surface area contributed by atoms with E-state index in [0.29, 0.717) is 28.2 Å². The van der Waals surface area contributed by atoms with Crippen LogP contribution in [-0.2, 0) is 0 Å². The van der Waals surface area contributed by atoms with Crippen molar-refractivity contribution in [1.29, 1.82) is 0 Å². The lowest BCUT2D eigenvalue weighted by Gasteiger charge is -2.14. The lowest BCUT2D eigenvalue weighted by atomic mass is 10.2. The average molecular weight is 394 g/mol. The number of aromatic nitrogens is 1. The Labute approximate surface area is 147 Å². The molecule has 1 aromatic heterocycles. The summed E-state index contributed by atoms with van der Waals surface area (Å²) in [6.07, 6.45) is 3.77. The highest BCUT2D eigenvalue weighted by Gasteiger charge is 2.28. The number of nitrogens with zero attached hydrogens (tertiary/aromatic N) is 1. The summed E-state index contributed by atoms with van der Waals surface area (Å²) in [5, 5.41) is 2.81. The van der Waals surface area contributed by atoms with E-state index in [0.717, 1.165) is 12.8 Å². The summed E-state index contributed by atoms with van der Waals surface area (Å²) >= 11 is 3.23. The number of carbonyl (C=O) groups is 1. The van der Waals surface area contributed by atoms with E-state index in [4.69, 9.17) is 10.5 Å². The first kappa shape index (κ1) is 16.9. The van der Waals surface area contributed by atoms with Crippen molar-refractivity contribution in [3.63, 3.8) is 0 Å². The zero-order valence-electron chi connectivity index (χ0n) is 12.8. The molecule has 1 unspecified atom stereocenters. The van der Waals surface area contributed by atoms with Crippen molar-refractivity contribution in [1.82, 2.24) is 10.3 Å². The Bertz CT molecular complexity index is 752. The van der Waals surface area contributed by atoms with Gasteiger partial charge in [-0.25, -0.2) is 9.37 Å². The van der Waals surface area contributed by atoms with Crippen LogP contribution in [0.5, 0.6) is 11.6 Å². The third kappa shape index (κ3) is 4.10. The van der Waals surface area contributed by atoms with Crippen molar-refractivity contribution in [2.24, 2.45) is 11.7 Å². The molecule has 5 nitrogen and oxygen atoms in total. The summed E-state index contributed by atoms with van der Waals surface area (Å²) in [6.45, 7) is 0.415. The van der Waals surface area contributed by atoms with Gasteiger partial charge in [0.05, 0.1) is 4.47 Å². The van der Waals surface area contributed by atoms with Crippen molar-refractivity contribution < 1.29 is 13.9 Å². The van der Waals surface area contributed by atoms with E-state index in [1.807, 2.05) is 0 Å². The number of halogens is 2. The Kier molecular flexibility index (Phi) is 5.11.